The van der Waals surface area contributed by atoms with Gasteiger partial charge in [0, 0.05) is 34.6 Å². The zero-order valence-electron chi connectivity index (χ0n) is 15.8. The van der Waals surface area contributed by atoms with E-state index in [4.69, 9.17) is 4.74 Å². The Bertz CT molecular complexity index is 1030. The fourth-order valence-corrected chi connectivity index (χ4v) is 3.05. The third-order valence-electron chi connectivity index (χ3n) is 3.97. The van der Waals surface area contributed by atoms with Gasteiger partial charge in [-0.2, -0.15) is 8.78 Å². The summed E-state index contributed by atoms with van der Waals surface area (Å²) in [7, 11) is 1.44. The molecule has 0 saturated carbocycles. The molecule has 6 nitrogen and oxygen atoms in total. The number of amides is 2. The van der Waals surface area contributed by atoms with Crippen LogP contribution in [0.25, 0.3) is 0 Å². The van der Waals surface area contributed by atoms with Gasteiger partial charge in [-0.05, 0) is 48.5 Å². The number of halogens is 2. The lowest BCUT2D eigenvalue weighted by atomic mass is 10.2. The molecule has 0 radical (unpaired) electrons. The molecule has 2 amide bonds. The highest BCUT2D eigenvalue weighted by atomic mass is 32.2. The second-order valence-corrected chi connectivity index (χ2v) is 7.03. The van der Waals surface area contributed by atoms with Crippen molar-refractivity contribution in [3.05, 3.63) is 78.1 Å². The molecular weight excluding hydrogens is 412 g/mol. The Labute approximate surface area is 175 Å². The molecule has 2 aromatic carbocycles. The molecule has 0 aliphatic carbocycles. The number of pyridine rings is 1. The Hall–Kier alpha value is -3.46. The van der Waals surface area contributed by atoms with Crippen LogP contribution in [0.1, 0.15) is 20.7 Å². The van der Waals surface area contributed by atoms with Gasteiger partial charge >= 0.3 is 0 Å². The lowest BCUT2D eigenvalue weighted by Crippen LogP contribution is -2.14. The largest absolute Gasteiger partial charge is 0.494 e. The van der Waals surface area contributed by atoms with Gasteiger partial charge in [-0.25, -0.2) is 0 Å². The number of rotatable bonds is 7. The normalized spacial score (nSPS) is 10.5. The standard InChI is InChI=1S/C21H17F2N3O3S/c1-29-18-11-15(6-9-17(18)26-20(28)14-3-2-10-24-12-14)25-19(27)13-4-7-16(8-5-13)30-21(22)23/h2-12,21H,1H3,(H,25,27)(H,26,28). The van der Waals surface area contributed by atoms with Gasteiger partial charge in [-0.15, -0.1) is 0 Å². The van der Waals surface area contributed by atoms with Crippen molar-refractivity contribution in [1.82, 2.24) is 4.98 Å². The van der Waals surface area contributed by atoms with E-state index in [1.165, 1.54) is 37.6 Å². The van der Waals surface area contributed by atoms with E-state index < -0.39 is 11.7 Å². The molecule has 1 aromatic heterocycles. The van der Waals surface area contributed by atoms with E-state index in [9.17, 15) is 18.4 Å². The van der Waals surface area contributed by atoms with Crippen molar-refractivity contribution >= 4 is 35.0 Å². The summed E-state index contributed by atoms with van der Waals surface area (Å²) in [6.07, 6.45) is 3.02. The summed E-state index contributed by atoms with van der Waals surface area (Å²) in [6.45, 7) is 0. The van der Waals surface area contributed by atoms with E-state index in [0.29, 0.717) is 44.9 Å². The average Bonchev–Trinajstić information content (AvgIpc) is 2.75. The van der Waals surface area contributed by atoms with Gasteiger partial charge < -0.3 is 15.4 Å². The van der Waals surface area contributed by atoms with Crippen molar-refractivity contribution in [1.29, 1.82) is 0 Å². The number of ether oxygens (including phenoxy) is 1. The Morgan fingerprint density at radius 3 is 2.37 bits per heavy atom. The van der Waals surface area contributed by atoms with Crippen LogP contribution in [0, 0.1) is 0 Å². The molecule has 3 aromatic rings. The van der Waals surface area contributed by atoms with E-state index in [0.717, 1.165) is 0 Å². The van der Waals surface area contributed by atoms with Crippen molar-refractivity contribution in [2.45, 2.75) is 10.7 Å². The first-order valence-electron chi connectivity index (χ1n) is 8.72. The van der Waals surface area contributed by atoms with Gasteiger partial charge in [0.05, 0.1) is 18.4 Å². The number of anilines is 2. The van der Waals surface area contributed by atoms with Gasteiger partial charge in [0.25, 0.3) is 17.6 Å². The van der Waals surface area contributed by atoms with E-state index in [2.05, 4.69) is 15.6 Å². The summed E-state index contributed by atoms with van der Waals surface area (Å²) in [4.78, 5) is 29.0. The molecular formula is C21H17F2N3O3S. The molecule has 0 bridgehead atoms. The fourth-order valence-electron chi connectivity index (χ4n) is 2.55. The molecule has 0 aliphatic heterocycles. The van der Waals surface area contributed by atoms with Gasteiger partial charge in [-0.3, -0.25) is 14.6 Å². The Kier molecular flexibility index (Phi) is 6.97. The van der Waals surface area contributed by atoms with Crippen molar-refractivity contribution in [2.24, 2.45) is 0 Å². The van der Waals surface area contributed by atoms with Crippen LogP contribution in [0.3, 0.4) is 0 Å². The van der Waals surface area contributed by atoms with Gasteiger partial charge in [0.1, 0.15) is 5.75 Å². The van der Waals surface area contributed by atoms with E-state index >= 15 is 0 Å². The van der Waals surface area contributed by atoms with Gasteiger partial charge in [0.15, 0.2) is 0 Å². The molecule has 154 valence electrons. The third kappa shape index (κ3) is 5.54. The molecule has 0 fully saturated rings. The summed E-state index contributed by atoms with van der Waals surface area (Å²) < 4.78 is 30.1. The zero-order valence-corrected chi connectivity index (χ0v) is 16.6. The summed E-state index contributed by atoms with van der Waals surface area (Å²) in [5, 5.41) is 5.44. The van der Waals surface area contributed by atoms with Crippen molar-refractivity contribution < 1.29 is 23.1 Å². The van der Waals surface area contributed by atoms with E-state index in [1.807, 2.05) is 0 Å². The Morgan fingerprint density at radius 1 is 1.00 bits per heavy atom. The number of thioether (sulfide) groups is 1. The lowest BCUT2D eigenvalue weighted by Gasteiger charge is -2.13. The van der Waals surface area contributed by atoms with Gasteiger partial charge in [-0.1, -0.05) is 11.8 Å². The first kappa shape index (κ1) is 21.3. The van der Waals surface area contributed by atoms with Crippen LogP contribution in [0.5, 0.6) is 5.75 Å². The number of nitrogens with one attached hydrogen (secondary N) is 2. The number of carbonyl (C=O) groups is 2. The molecule has 0 saturated heterocycles. The third-order valence-corrected chi connectivity index (χ3v) is 4.70. The van der Waals surface area contributed by atoms with Crippen molar-refractivity contribution in [3.8, 4) is 5.75 Å². The predicted molar refractivity (Wildman–Crippen MR) is 111 cm³/mol. The maximum Gasteiger partial charge on any atom is 0.288 e. The fraction of sp³-hybridized carbons (Fsp3) is 0.0952. The number of carbonyl (C=O) groups excluding carboxylic acids is 2. The summed E-state index contributed by atoms with van der Waals surface area (Å²) >= 11 is 0.413. The Balaban J connectivity index is 1.69. The number of alkyl halides is 2. The smallest absolute Gasteiger partial charge is 0.288 e. The van der Waals surface area contributed by atoms with Crippen molar-refractivity contribution in [3.63, 3.8) is 0 Å². The van der Waals surface area contributed by atoms with Crippen LogP contribution in [-0.4, -0.2) is 29.7 Å². The van der Waals surface area contributed by atoms with Crippen LogP contribution in [0.4, 0.5) is 20.2 Å². The maximum atomic E-state index is 12.4. The topological polar surface area (TPSA) is 80.3 Å². The van der Waals surface area contributed by atoms with Crippen LogP contribution in [0.2, 0.25) is 0 Å². The minimum atomic E-state index is -2.52. The quantitative estimate of drug-likeness (QED) is 0.522. The van der Waals surface area contributed by atoms with Crippen LogP contribution < -0.4 is 15.4 Å². The van der Waals surface area contributed by atoms with Crippen LogP contribution in [-0.2, 0) is 0 Å². The van der Waals surface area contributed by atoms with E-state index in [-0.39, 0.29) is 5.91 Å². The first-order valence-corrected chi connectivity index (χ1v) is 9.60. The summed E-state index contributed by atoms with van der Waals surface area (Å²) in [6, 6.07) is 13.9. The highest BCUT2D eigenvalue weighted by Gasteiger charge is 2.13. The SMILES string of the molecule is COc1cc(NC(=O)c2ccc(SC(F)F)cc2)ccc1NC(=O)c1cccnc1. The second-order valence-electron chi connectivity index (χ2n) is 5.97. The molecule has 1 heterocycles. The van der Waals surface area contributed by atoms with Crippen LogP contribution >= 0.6 is 11.8 Å². The maximum absolute atomic E-state index is 12.4. The Morgan fingerprint density at radius 2 is 1.73 bits per heavy atom. The number of methoxy groups -OCH3 is 1. The molecule has 2 N–H and O–H groups in total. The number of aromatic nitrogens is 1. The van der Waals surface area contributed by atoms with Crippen molar-refractivity contribution in [2.75, 3.05) is 17.7 Å². The van der Waals surface area contributed by atoms with Gasteiger partial charge in [0.2, 0.25) is 0 Å². The molecule has 0 aliphatic rings. The highest BCUT2D eigenvalue weighted by molar-refractivity contribution is 7.99. The minimum Gasteiger partial charge on any atom is -0.494 e. The first-order chi connectivity index (χ1) is 14.5. The summed E-state index contributed by atoms with van der Waals surface area (Å²) in [5.41, 5.74) is 1.59. The highest BCUT2D eigenvalue weighted by Crippen LogP contribution is 2.29. The molecule has 0 spiro atoms. The predicted octanol–water partition coefficient (Wildman–Crippen LogP) is 4.91. The lowest BCUT2D eigenvalue weighted by molar-refractivity contribution is 0.101. The molecule has 0 atom stereocenters. The molecule has 0 unspecified atom stereocenters. The van der Waals surface area contributed by atoms with Crippen LogP contribution in [0.15, 0.2) is 71.9 Å². The number of hydrogen-bond donors (Lipinski definition) is 2. The average molecular weight is 429 g/mol. The number of nitrogens with zero attached hydrogens (tertiary/aromatic N) is 1. The molecule has 3 rings (SSSR count). The molecule has 9 heteroatoms. The number of benzene rings is 2. The second kappa shape index (κ2) is 9.84. The zero-order chi connectivity index (χ0) is 21.5. The summed E-state index contributed by atoms with van der Waals surface area (Å²) in [5.74, 6) is -2.92. The number of hydrogen-bond acceptors (Lipinski definition) is 5. The molecule has 30 heavy (non-hydrogen) atoms. The van der Waals surface area contributed by atoms with E-state index in [1.54, 1.807) is 36.5 Å². The monoisotopic (exact) mass is 429 g/mol. The minimum absolute atomic E-state index is 0.321.